The topological polar surface area (TPSA) is 79.3 Å². The van der Waals surface area contributed by atoms with E-state index in [2.05, 4.69) is 15.3 Å². The van der Waals surface area contributed by atoms with Gasteiger partial charge in [0.05, 0.1) is 12.4 Å². The summed E-state index contributed by atoms with van der Waals surface area (Å²) in [4.78, 5) is 33.7. The molecule has 1 atom stereocenters. The predicted octanol–water partition coefficient (Wildman–Crippen LogP) is 1.19. The lowest BCUT2D eigenvalue weighted by molar-refractivity contribution is -0.886. The summed E-state index contributed by atoms with van der Waals surface area (Å²) in [5.74, 6) is 0.585. The number of nitrogens with zero attached hydrogens (tertiary/aromatic N) is 1. The molecule has 7 heteroatoms. The van der Waals surface area contributed by atoms with Gasteiger partial charge in [0.15, 0.2) is 12.4 Å². The van der Waals surface area contributed by atoms with Crippen molar-refractivity contribution < 1.29 is 9.69 Å². The third-order valence-corrected chi connectivity index (χ3v) is 4.83. The first-order valence-corrected chi connectivity index (χ1v) is 9.48. The summed E-state index contributed by atoms with van der Waals surface area (Å²) in [7, 11) is 1.91. The Labute approximate surface area is 155 Å². The molecule has 1 amide bonds. The second-order valence-electron chi connectivity index (χ2n) is 6.74. The highest BCUT2D eigenvalue weighted by atomic mass is 32.1. The average Bonchev–Trinajstić information content (AvgIpc) is 2.99. The van der Waals surface area contributed by atoms with Crippen molar-refractivity contribution >= 4 is 27.5 Å². The van der Waals surface area contributed by atoms with E-state index in [0.717, 1.165) is 20.9 Å². The molecule has 0 saturated carbocycles. The summed E-state index contributed by atoms with van der Waals surface area (Å²) >= 11 is 1.47. The fraction of sp³-hybridized carbons (Fsp3) is 0.316. The largest absolute Gasteiger partial charge is 0.349 e. The molecule has 0 aliphatic carbocycles. The van der Waals surface area contributed by atoms with Gasteiger partial charge >= 0.3 is 0 Å². The van der Waals surface area contributed by atoms with Crippen molar-refractivity contribution in [3.8, 4) is 11.1 Å². The molecule has 3 rings (SSSR count). The van der Waals surface area contributed by atoms with Crippen LogP contribution >= 0.6 is 11.3 Å². The van der Waals surface area contributed by atoms with Gasteiger partial charge in [0.1, 0.15) is 11.4 Å². The number of nitrogens with one attached hydrogen (secondary N) is 3. The highest BCUT2D eigenvalue weighted by Gasteiger charge is 2.16. The molecular weight excluding hydrogens is 348 g/mol. The van der Waals surface area contributed by atoms with E-state index < -0.39 is 0 Å². The van der Waals surface area contributed by atoms with E-state index in [-0.39, 0.29) is 17.5 Å². The summed E-state index contributed by atoms with van der Waals surface area (Å²) < 4.78 is 0. The Hall–Kier alpha value is -2.51. The smallest absolute Gasteiger partial charge is 0.275 e. The molecule has 0 bridgehead atoms. The minimum atomic E-state index is -0.135. The SMILES string of the molecule is CC(C)NC(=O)C[NH+](C)Cc1nc2scc(-c3ccccc3)c2c(=O)[nH]1. The van der Waals surface area contributed by atoms with Gasteiger partial charge in [-0.3, -0.25) is 9.59 Å². The first-order valence-electron chi connectivity index (χ1n) is 8.60. The quantitative estimate of drug-likeness (QED) is 0.609. The number of amides is 1. The summed E-state index contributed by atoms with van der Waals surface area (Å²) in [6, 6.07) is 9.95. The van der Waals surface area contributed by atoms with Gasteiger partial charge in [-0.05, 0) is 19.4 Å². The molecule has 136 valence electrons. The van der Waals surface area contributed by atoms with E-state index in [9.17, 15) is 9.59 Å². The van der Waals surface area contributed by atoms with E-state index in [1.54, 1.807) is 0 Å². The zero-order valence-corrected chi connectivity index (χ0v) is 15.9. The Balaban J connectivity index is 1.82. The zero-order valence-electron chi connectivity index (χ0n) is 15.1. The van der Waals surface area contributed by atoms with Gasteiger partial charge in [0.25, 0.3) is 11.5 Å². The number of carbonyl (C=O) groups is 1. The summed E-state index contributed by atoms with van der Waals surface area (Å²) in [6.07, 6.45) is 0. The molecule has 6 nitrogen and oxygen atoms in total. The molecule has 1 aromatic carbocycles. The van der Waals surface area contributed by atoms with Crippen molar-refractivity contribution in [3.05, 3.63) is 51.9 Å². The number of H-pyrrole nitrogens is 1. The maximum atomic E-state index is 12.6. The van der Waals surface area contributed by atoms with E-state index in [0.29, 0.717) is 24.3 Å². The molecule has 0 aliphatic heterocycles. The summed E-state index contributed by atoms with van der Waals surface area (Å²) in [5.41, 5.74) is 1.78. The van der Waals surface area contributed by atoms with Crippen LogP contribution in [0, 0.1) is 0 Å². The molecule has 26 heavy (non-hydrogen) atoms. The van der Waals surface area contributed by atoms with Crippen LogP contribution in [0.4, 0.5) is 0 Å². The zero-order chi connectivity index (χ0) is 18.7. The maximum absolute atomic E-state index is 12.6. The van der Waals surface area contributed by atoms with Gasteiger partial charge in [-0.15, -0.1) is 11.3 Å². The molecule has 0 saturated heterocycles. The molecule has 1 unspecified atom stereocenters. The van der Waals surface area contributed by atoms with Crippen molar-refractivity contribution in [2.45, 2.75) is 26.4 Å². The number of likely N-dealkylation sites (N-methyl/N-ethyl adjacent to an activating group) is 1. The second-order valence-corrected chi connectivity index (χ2v) is 7.60. The standard InChI is InChI=1S/C19H22N4O2S/c1-12(2)20-16(24)10-23(3)9-15-21-18(25)17-14(11-26-19(17)22-15)13-7-5-4-6-8-13/h4-8,11-12H,9-10H2,1-3H3,(H,20,24)(H,21,22,25)/p+1. The van der Waals surface area contributed by atoms with Gasteiger partial charge in [-0.25, -0.2) is 4.98 Å². The fourth-order valence-corrected chi connectivity index (χ4v) is 3.87. The number of aromatic nitrogens is 2. The van der Waals surface area contributed by atoms with E-state index in [1.807, 2.05) is 56.6 Å². The monoisotopic (exact) mass is 371 g/mol. The van der Waals surface area contributed by atoms with Crippen molar-refractivity contribution in [1.29, 1.82) is 0 Å². The fourth-order valence-electron chi connectivity index (χ4n) is 2.90. The van der Waals surface area contributed by atoms with Gasteiger partial charge in [0, 0.05) is 17.0 Å². The predicted molar refractivity (Wildman–Crippen MR) is 104 cm³/mol. The molecule has 2 aromatic heterocycles. The molecule has 0 spiro atoms. The minimum absolute atomic E-state index is 0.0107. The van der Waals surface area contributed by atoms with E-state index in [1.165, 1.54) is 11.3 Å². The van der Waals surface area contributed by atoms with E-state index >= 15 is 0 Å². The molecule has 2 heterocycles. The number of thiophene rings is 1. The molecular formula is C19H23N4O2S+. The summed E-state index contributed by atoms with van der Waals surface area (Å²) in [5, 5.41) is 5.47. The van der Waals surface area contributed by atoms with Crippen LogP contribution in [0.3, 0.4) is 0 Å². The molecule has 0 fully saturated rings. The Morgan fingerprint density at radius 3 is 2.73 bits per heavy atom. The third-order valence-electron chi connectivity index (χ3n) is 3.96. The molecule has 3 N–H and O–H groups in total. The average molecular weight is 371 g/mol. The second kappa shape index (κ2) is 7.80. The Bertz CT molecular complexity index is 963. The van der Waals surface area contributed by atoms with Crippen LogP contribution < -0.4 is 15.8 Å². The number of hydrogen-bond acceptors (Lipinski definition) is 4. The number of carbonyl (C=O) groups excluding carboxylic acids is 1. The number of rotatable bonds is 6. The molecule has 0 radical (unpaired) electrons. The van der Waals surface area contributed by atoms with Gasteiger partial charge in [-0.2, -0.15) is 0 Å². The van der Waals surface area contributed by atoms with Crippen molar-refractivity contribution in [3.63, 3.8) is 0 Å². The highest BCUT2D eigenvalue weighted by Crippen LogP contribution is 2.30. The van der Waals surface area contributed by atoms with Crippen LogP contribution in [-0.2, 0) is 11.3 Å². The van der Waals surface area contributed by atoms with Crippen LogP contribution in [0.5, 0.6) is 0 Å². The third kappa shape index (κ3) is 4.17. The van der Waals surface area contributed by atoms with Crippen LogP contribution in [0.25, 0.3) is 21.3 Å². The molecule has 0 aliphatic rings. The van der Waals surface area contributed by atoms with Crippen molar-refractivity contribution in [2.24, 2.45) is 0 Å². The minimum Gasteiger partial charge on any atom is -0.349 e. The normalized spacial score (nSPS) is 12.5. The van der Waals surface area contributed by atoms with Crippen molar-refractivity contribution in [1.82, 2.24) is 15.3 Å². The highest BCUT2D eigenvalue weighted by molar-refractivity contribution is 7.17. The lowest BCUT2D eigenvalue weighted by Gasteiger charge is -2.14. The lowest BCUT2D eigenvalue weighted by Crippen LogP contribution is -3.09. The lowest BCUT2D eigenvalue weighted by atomic mass is 10.1. The first-order chi connectivity index (χ1) is 12.4. The Morgan fingerprint density at radius 1 is 1.31 bits per heavy atom. The Kier molecular flexibility index (Phi) is 5.49. The van der Waals surface area contributed by atoms with Gasteiger partial charge < -0.3 is 15.2 Å². The number of fused-ring (bicyclic) bond motifs is 1. The van der Waals surface area contributed by atoms with Crippen LogP contribution in [0.15, 0.2) is 40.5 Å². The van der Waals surface area contributed by atoms with Gasteiger partial charge in [0.2, 0.25) is 0 Å². The first kappa shape index (κ1) is 18.3. The van der Waals surface area contributed by atoms with Crippen molar-refractivity contribution in [2.75, 3.05) is 13.6 Å². The van der Waals surface area contributed by atoms with Gasteiger partial charge in [-0.1, -0.05) is 30.3 Å². The van der Waals surface area contributed by atoms with Crippen LogP contribution in [-0.4, -0.2) is 35.5 Å². The van der Waals surface area contributed by atoms with Crippen LogP contribution in [0.1, 0.15) is 19.7 Å². The number of quaternary nitrogens is 1. The summed E-state index contributed by atoms with van der Waals surface area (Å²) in [6.45, 7) is 4.68. The van der Waals surface area contributed by atoms with E-state index in [4.69, 9.17) is 0 Å². The number of aromatic amines is 1. The maximum Gasteiger partial charge on any atom is 0.275 e. The van der Waals surface area contributed by atoms with Crippen LogP contribution in [0.2, 0.25) is 0 Å². The Morgan fingerprint density at radius 2 is 2.04 bits per heavy atom. The number of hydrogen-bond donors (Lipinski definition) is 3. The molecule has 3 aromatic rings. The number of benzene rings is 1.